The van der Waals surface area contributed by atoms with Crippen molar-refractivity contribution in [2.24, 2.45) is 11.3 Å². The van der Waals surface area contributed by atoms with Gasteiger partial charge in [0, 0.05) is 47.1 Å². The average Bonchev–Trinajstić information content (AvgIpc) is 3.25. The molecule has 0 radical (unpaired) electrons. The highest BCUT2D eigenvalue weighted by atomic mass is 32.1. The smallest absolute Gasteiger partial charge is 0.306 e. The first kappa shape index (κ1) is 21.9. The van der Waals surface area contributed by atoms with Crippen LogP contribution in [0.5, 0.6) is 0 Å². The fourth-order valence-electron chi connectivity index (χ4n) is 4.24. The molecule has 33 heavy (non-hydrogen) atoms. The summed E-state index contributed by atoms with van der Waals surface area (Å²) in [5.74, 6) is 0.232. The molecule has 1 aromatic carbocycles. The molecule has 1 amide bonds. The summed E-state index contributed by atoms with van der Waals surface area (Å²) < 4.78 is 5.51. The lowest BCUT2D eigenvalue weighted by Crippen LogP contribution is -2.35. The Kier molecular flexibility index (Phi) is 5.86. The number of aromatic amines is 1. The molecule has 2 aliphatic rings. The number of rotatable bonds is 8. The van der Waals surface area contributed by atoms with Crippen LogP contribution in [0.25, 0.3) is 10.9 Å². The van der Waals surface area contributed by atoms with Gasteiger partial charge in [0.15, 0.2) is 5.13 Å². The molecule has 0 spiro atoms. The van der Waals surface area contributed by atoms with E-state index in [0.29, 0.717) is 37.7 Å². The average molecular weight is 467 g/mol. The molecule has 1 saturated carbocycles. The number of benzene rings is 1. The number of anilines is 1. The number of carbonyl (C=O) groups excluding carboxylic acids is 2. The van der Waals surface area contributed by atoms with Crippen LogP contribution in [-0.4, -0.2) is 46.4 Å². The molecule has 2 N–H and O–H groups in total. The van der Waals surface area contributed by atoms with Crippen molar-refractivity contribution in [3.05, 3.63) is 46.6 Å². The van der Waals surface area contributed by atoms with E-state index >= 15 is 0 Å². The molecular formula is C25H30N4O3S. The van der Waals surface area contributed by atoms with Gasteiger partial charge in [-0.05, 0) is 30.9 Å². The van der Waals surface area contributed by atoms with E-state index in [1.807, 2.05) is 49.1 Å². The molecule has 3 heterocycles. The van der Waals surface area contributed by atoms with Crippen LogP contribution in [0.15, 0.2) is 30.3 Å². The first-order chi connectivity index (χ1) is 15.9. The third-order valence-electron chi connectivity index (χ3n) is 6.46. The van der Waals surface area contributed by atoms with E-state index < -0.39 is 0 Å². The monoisotopic (exact) mass is 466 g/mol. The number of ether oxygens (including phenoxy) is 1. The Bertz CT molecular complexity index is 1140. The highest BCUT2D eigenvalue weighted by Gasteiger charge is 2.44. The maximum atomic E-state index is 13.1. The molecule has 0 bridgehead atoms. The second-order valence-corrected chi connectivity index (χ2v) is 10.8. The molecule has 1 aliphatic carbocycles. The van der Waals surface area contributed by atoms with Gasteiger partial charge in [-0.2, -0.15) is 0 Å². The number of amides is 1. The van der Waals surface area contributed by atoms with Crippen LogP contribution < -0.4 is 5.32 Å². The Hall–Kier alpha value is -2.87. The lowest BCUT2D eigenvalue weighted by molar-refractivity contribution is -0.146. The summed E-state index contributed by atoms with van der Waals surface area (Å²) in [6.45, 7) is 6.53. The topological polar surface area (TPSA) is 87.3 Å². The zero-order valence-corrected chi connectivity index (χ0v) is 20.0. The van der Waals surface area contributed by atoms with E-state index in [1.165, 1.54) is 0 Å². The van der Waals surface area contributed by atoms with Crippen molar-refractivity contribution >= 4 is 39.2 Å². The Labute approximate surface area is 197 Å². The van der Waals surface area contributed by atoms with Gasteiger partial charge >= 0.3 is 5.97 Å². The molecule has 0 unspecified atom stereocenters. The second-order valence-electron chi connectivity index (χ2n) is 9.75. The number of H-pyrrole nitrogens is 1. The molecule has 7 nitrogen and oxygen atoms in total. The van der Waals surface area contributed by atoms with Crippen molar-refractivity contribution in [2.45, 2.75) is 46.1 Å². The Balaban J connectivity index is 1.17. The van der Waals surface area contributed by atoms with Gasteiger partial charge in [0.2, 0.25) is 0 Å². The molecule has 3 aromatic rings. The van der Waals surface area contributed by atoms with E-state index in [2.05, 4.69) is 10.3 Å². The lowest BCUT2D eigenvalue weighted by atomic mass is 10.1. The molecule has 1 aliphatic heterocycles. The van der Waals surface area contributed by atoms with E-state index in [-0.39, 0.29) is 17.3 Å². The summed E-state index contributed by atoms with van der Waals surface area (Å²) in [7, 11) is 0. The summed E-state index contributed by atoms with van der Waals surface area (Å²) in [5.41, 5.74) is 2.73. The minimum absolute atomic E-state index is 0.0277. The number of nitrogens with zero attached hydrogens (tertiary/aromatic N) is 2. The number of esters is 1. The maximum Gasteiger partial charge on any atom is 0.306 e. The minimum atomic E-state index is -0.110. The van der Waals surface area contributed by atoms with E-state index in [1.54, 1.807) is 11.3 Å². The van der Waals surface area contributed by atoms with Gasteiger partial charge in [0.1, 0.15) is 5.69 Å². The summed E-state index contributed by atoms with van der Waals surface area (Å²) in [4.78, 5) is 36.0. The van der Waals surface area contributed by atoms with Gasteiger partial charge in [0.05, 0.1) is 18.8 Å². The first-order valence-electron chi connectivity index (χ1n) is 11.7. The fourth-order valence-corrected chi connectivity index (χ4v) is 5.26. The van der Waals surface area contributed by atoms with Crippen molar-refractivity contribution in [1.29, 1.82) is 0 Å². The second kappa shape index (κ2) is 8.82. The summed E-state index contributed by atoms with van der Waals surface area (Å²) in [5, 5.41) is 5.41. The maximum absolute atomic E-state index is 13.1. The summed E-state index contributed by atoms with van der Waals surface area (Å²) in [6, 6.07) is 9.86. The number of fused-ring (bicyclic) bond motifs is 2. The zero-order valence-electron chi connectivity index (χ0n) is 19.1. The van der Waals surface area contributed by atoms with Gasteiger partial charge in [-0.25, -0.2) is 4.98 Å². The van der Waals surface area contributed by atoms with Gasteiger partial charge in [-0.3, -0.25) is 9.59 Å². The Morgan fingerprint density at radius 3 is 2.88 bits per heavy atom. The van der Waals surface area contributed by atoms with Crippen LogP contribution in [0.4, 0.5) is 5.13 Å². The minimum Gasteiger partial charge on any atom is -0.465 e. The Morgan fingerprint density at radius 1 is 1.30 bits per heavy atom. The summed E-state index contributed by atoms with van der Waals surface area (Å²) in [6.07, 6.45) is 3.35. The van der Waals surface area contributed by atoms with Crippen molar-refractivity contribution in [1.82, 2.24) is 14.9 Å². The van der Waals surface area contributed by atoms with Crippen LogP contribution in [0.3, 0.4) is 0 Å². The number of thiazole rings is 1. The van der Waals surface area contributed by atoms with Crippen molar-refractivity contribution in [3.63, 3.8) is 0 Å². The fraction of sp³-hybridized carbons (Fsp3) is 0.480. The van der Waals surface area contributed by atoms with Gasteiger partial charge in [0.25, 0.3) is 5.91 Å². The van der Waals surface area contributed by atoms with Crippen molar-refractivity contribution in [2.75, 3.05) is 25.0 Å². The summed E-state index contributed by atoms with van der Waals surface area (Å²) >= 11 is 1.62. The van der Waals surface area contributed by atoms with Crippen molar-refractivity contribution < 1.29 is 14.3 Å². The van der Waals surface area contributed by atoms with Crippen LogP contribution in [0, 0.1) is 11.3 Å². The molecule has 1 fully saturated rings. The van der Waals surface area contributed by atoms with E-state index in [4.69, 9.17) is 9.72 Å². The molecule has 0 saturated heterocycles. The molecule has 2 aromatic heterocycles. The molecule has 0 atom stereocenters. The predicted molar refractivity (Wildman–Crippen MR) is 129 cm³/mol. The van der Waals surface area contributed by atoms with E-state index in [9.17, 15) is 9.59 Å². The third-order valence-corrected chi connectivity index (χ3v) is 7.50. The normalized spacial score (nSPS) is 16.6. The molecule has 5 rings (SSSR count). The number of hydrogen-bond donors (Lipinski definition) is 2. The SMILES string of the molecule is CC(C)CC(=O)OCC1(CNc2nc3c(s2)CN(C(=O)c2cc4ccccc4[nH]2)CC3)CC1. The quantitative estimate of drug-likeness (QED) is 0.474. The first-order valence-corrected chi connectivity index (χ1v) is 12.5. The van der Waals surface area contributed by atoms with E-state index in [0.717, 1.165) is 52.4 Å². The Morgan fingerprint density at radius 2 is 2.12 bits per heavy atom. The van der Waals surface area contributed by atoms with Crippen LogP contribution in [0.2, 0.25) is 0 Å². The van der Waals surface area contributed by atoms with Gasteiger partial charge < -0.3 is 19.9 Å². The number of para-hydroxylation sites is 1. The molecular weight excluding hydrogens is 436 g/mol. The number of carbonyl (C=O) groups is 2. The highest BCUT2D eigenvalue weighted by molar-refractivity contribution is 7.15. The van der Waals surface area contributed by atoms with Crippen LogP contribution >= 0.6 is 11.3 Å². The predicted octanol–water partition coefficient (Wildman–Crippen LogP) is 4.60. The zero-order chi connectivity index (χ0) is 23.0. The standard InChI is InChI=1S/C25H30N4O3S/c1-16(2)11-22(30)32-15-25(8-9-25)14-26-24-28-19-7-10-29(13-21(19)33-24)23(31)20-12-17-5-3-4-6-18(17)27-20/h3-6,12,16,27H,7-11,13-15H2,1-2H3,(H,26,28). The number of hydrogen-bond acceptors (Lipinski definition) is 6. The lowest BCUT2D eigenvalue weighted by Gasteiger charge is -2.25. The number of nitrogens with one attached hydrogen (secondary N) is 2. The molecule has 174 valence electrons. The van der Waals surface area contributed by atoms with Crippen LogP contribution in [-0.2, 0) is 22.5 Å². The largest absolute Gasteiger partial charge is 0.465 e. The number of aromatic nitrogens is 2. The molecule has 8 heteroatoms. The highest BCUT2D eigenvalue weighted by Crippen LogP contribution is 2.46. The van der Waals surface area contributed by atoms with Crippen LogP contribution in [0.1, 0.15) is 54.2 Å². The van der Waals surface area contributed by atoms with Crippen molar-refractivity contribution in [3.8, 4) is 0 Å². The van der Waals surface area contributed by atoms with Gasteiger partial charge in [-0.1, -0.05) is 43.4 Å². The third kappa shape index (κ3) is 4.90. The van der Waals surface area contributed by atoms with Gasteiger partial charge in [-0.15, -0.1) is 0 Å².